The van der Waals surface area contributed by atoms with E-state index in [2.05, 4.69) is 26.0 Å². The fraction of sp³-hybridized carbons (Fsp3) is 0.391. The topological polar surface area (TPSA) is 51.7 Å². The molecule has 1 aliphatic rings. The second kappa shape index (κ2) is 8.51. The average molecular weight is 411 g/mol. The number of hydrogen-bond acceptors (Lipinski definition) is 5. The molecule has 152 valence electrons. The van der Waals surface area contributed by atoms with E-state index >= 15 is 0 Å². The molecule has 5 nitrogen and oxygen atoms in total. The lowest BCUT2D eigenvalue weighted by atomic mass is 10.1. The van der Waals surface area contributed by atoms with E-state index in [-0.39, 0.29) is 18.6 Å². The molecule has 1 unspecified atom stereocenters. The Morgan fingerprint density at radius 3 is 2.79 bits per heavy atom. The maximum absolute atomic E-state index is 13.1. The highest BCUT2D eigenvalue weighted by molar-refractivity contribution is 7.22. The van der Waals surface area contributed by atoms with Crippen LogP contribution in [0.2, 0.25) is 0 Å². The van der Waals surface area contributed by atoms with Gasteiger partial charge in [0.15, 0.2) is 11.7 Å². The fourth-order valence-electron chi connectivity index (χ4n) is 3.57. The summed E-state index contributed by atoms with van der Waals surface area (Å²) < 4.78 is 12.7. The molecule has 0 N–H and O–H groups in total. The van der Waals surface area contributed by atoms with Gasteiger partial charge in [-0.15, -0.1) is 0 Å². The summed E-state index contributed by atoms with van der Waals surface area (Å²) in [7, 11) is 0. The second-order valence-electron chi connectivity index (χ2n) is 7.62. The fourth-order valence-corrected chi connectivity index (χ4v) is 4.71. The number of anilines is 1. The number of amides is 1. The van der Waals surface area contributed by atoms with E-state index in [4.69, 9.17) is 14.5 Å². The number of ether oxygens (including phenoxy) is 2. The van der Waals surface area contributed by atoms with Gasteiger partial charge in [0.05, 0.1) is 22.9 Å². The molecule has 1 saturated heterocycles. The standard InChI is InChI=1S/C23H26N2O3S/c1-15-6-4-7-18(12-15)28-14-20(26)25(13-19-8-5-11-27-19)23-24-21-16(2)9-10-17(3)22(21)29-23/h4,6-7,9-10,12,19H,5,8,11,13-14H2,1-3H3. The SMILES string of the molecule is Cc1cccc(OCC(=O)N(CC2CCCO2)c2nc3c(C)ccc(C)c3s2)c1. The van der Waals surface area contributed by atoms with Gasteiger partial charge in [-0.1, -0.05) is 35.6 Å². The van der Waals surface area contributed by atoms with E-state index < -0.39 is 0 Å². The summed E-state index contributed by atoms with van der Waals surface area (Å²) in [5.41, 5.74) is 4.36. The Balaban J connectivity index is 1.59. The molecule has 1 aromatic heterocycles. The number of thiazole rings is 1. The Kier molecular flexibility index (Phi) is 5.83. The molecule has 1 amide bonds. The third-order valence-corrected chi connectivity index (χ3v) is 6.44. The third-order valence-electron chi connectivity index (χ3n) is 5.22. The van der Waals surface area contributed by atoms with Crippen molar-refractivity contribution in [3.05, 3.63) is 53.1 Å². The molecule has 0 saturated carbocycles. The van der Waals surface area contributed by atoms with Crippen LogP contribution in [0, 0.1) is 20.8 Å². The van der Waals surface area contributed by atoms with Crippen molar-refractivity contribution in [2.24, 2.45) is 0 Å². The van der Waals surface area contributed by atoms with Crippen LogP contribution in [-0.4, -0.2) is 36.8 Å². The van der Waals surface area contributed by atoms with Gasteiger partial charge in [0.2, 0.25) is 0 Å². The molecule has 4 rings (SSSR count). The van der Waals surface area contributed by atoms with Crippen molar-refractivity contribution in [3.8, 4) is 5.75 Å². The van der Waals surface area contributed by atoms with Gasteiger partial charge in [-0.25, -0.2) is 4.98 Å². The van der Waals surface area contributed by atoms with Crippen LogP contribution in [0.1, 0.15) is 29.5 Å². The van der Waals surface area contributed by atoms with Crippen molar-refractivity contribution in [3.63, 3.8) is 0 Å². The number of aryl methyl sites for hydroxylation is 3. The molecule has 0 bridgehead atoms. The van der Waals surface area contributed by atoms with Crippen LogP contribution in [0.25, 0.3) is 10.2 Å². The minimum Gasteiger partial charge on any atom is -0.484 e. The zero-order valence-electron chi connectivity index (χ0n) is 17.1. The molecule has 2 heterocycles. The van der Waals surface area contributed by atoms with Gasteiger partial charge < -0.3 is 9.47 Å². The van der Waals surface area contributed by atoms with E-state index in [0.717, 1.165) is 40.8 Å². The van der Waals surface area contributed by atoms with Crippen LogP contribution in [-0.2, 0) is 9.53 Å². The number of carbonyl (C=O) groups is 1. The number of hydrogen-bond donors (Lipinski definition) is 0. The maximum Gasteiger partial charge on any atom is 0.266 e. The zero-order valence-corrected chi connectivity index (χ0v) is 17.9. The van der Waals surface area contributed by atoms with Gasteiger partial charge in [-0.3, -0.25) is 9.69 Å². The maximum atomic E-state index is 13.1. The molecule has 29 heavy (non-hydrogen) atoms. The Hall–Kier alpha value is -2.44. The number of carbonyl (C=O) groups excluding carboxylic acids is 1. The molecule has 1 atom stereocenters. The van der Waals surface area contributed by atoms with Crippen LogP contribution in [0.5, 0.6) is 5.75 Å². The smallest absolute Gasteiger partial charge is 0.266 e. The van der Waals surface area contributed by atoms with Crippen LogP contribution >= 0.6 is 11.3 Å². The van der Waals surface area contributed by atoms with Crippen molar-refractivity contribution in [1.29, 1.82) is 0 Å². The van der Waals surface area contributed by atoms with E-state index in [1.807, 2.05) is 31.2 Å². The highest BCUT2D eigenvalue weighted by atomic mass is 32.1. The molecule has 1 fully saturated rings. The Morgan fingerprint density at radius 1 is 1.24 bits per heavy atom. The average Bonchev–Trinajstić information content (AvgIpc) is 3.37. The van der Waals surface area contributed by atoms with Gasteiger partial charge in [-0.2, -0.15) is 0 Å². The van der Waals surface area contributed by atoms with E-state index in [0.29, 0.717) is 17.4 Å². The van der Waals surface area contributed by atoms with Gasteiger partial charge in [0.25, 0.3) is 5.91 Å². The summed E-state index contributed by atoms with van der Waals surface area (Å²) in [6.45, 7) is 7.38. The van der Waals surface area contributed by atoms with E-state index in [1.54, 1.807) is 16.2 Å². The predicted octanol–water partition coefficient (Wildman–Crippen LogP) is 4.81. The summed E-state index contributed by atoms with van der Waals surface area (Å²) in [5.74, 6) is 0.600. The van der Waals surface area contributed by atoms with Gasteiger partial charge in [-0.05, 0) is 62.4 Å². The van der Waals surface area contributed by atoms with Crippen LogP contribution in [0.15, 0.2) is 36.4 Å². The van der Waals surface area contributed by atoms with Crippen LogP contribution in [0.3, 0.4) is 0 Å². The van der Waals surface area contributed by atoms with Crippen molar-refractivity contribution < 1.29 is 14.3 Å². The van der Waals surface area contributed by atoms with Crippen LogP contribution < -0.4 is 9.64 Å². The molecule has 0 radical (unpaired) electrons. The Labute approximate surface area is 175 Å². The zero-order chi connectivity index (χ0) is 20.4. The van der Waals surface area contributed by atoms with E-state index in [1.165, 1.54) is 5.56 Å². The largest absolute Gasteiger partial charge is 0.484 e. The third kappa shape index (κ3) is 4.43. The molecule has 2 aromatic carbocycles. The molecule has 6 heteroatoms. The summed E-state index contributed by atoms with van der Waals surface area (Å²) in [4.78, 5) is 19.7. The first-order valence-electron chi connectivity index (χ1n) is 9.99. The lowest BCUT2D eigenvalue weighted by Gasteiger charge is -2.23. The normalized spacial score (nSPS) is 16.3. The van der Waals surface area contributed by atoms with Crippen molar-refractivity contribution in [2.45, 2.75) is 39.7 Å². The first-order chi connectivity index (χ1) is 14.0. The monoisotopic (exact) mass is 410 g/mol. The van der Waals surface area contributed by atoms with Crippen LogP contribution in [0.4, 0.5) is 5.13 Å². The number of aromatic nitrogens is 1. The summed E-state index contributed by atoms with van der Waals surface area (Å²) in [5, 5.41) is 0.714. The van der Waals surface area contributed by atoms with Gasteiger partial charge >= 0.3 is 0 Å². The highest BCUT2D eigenvalue weighted by Crippen LogP contribution is 2.33. The summed E-state index contributed by atoms with van der Waals surface area (Å²) >= 11 is 1.56. The minimum atomic E-state index is -0.101. The molecule has 3 aromatic rings. The lowest BCUT2D eigenvalue weighted by molar-refractivity contribution is -0.120. The van der Waals surface area contributed by atoms with Gasteiger partial charge in [0.1, 0.15) is 5.75 Å². The first-order valence-corrected chi connectivity index (χ1v) is 10.8. The highest BCUT2D eigenvalue weighted by Gasteiger charge is 2.27. The number of rotatable bonds is 6. The van der Waals surface area contributed by atoms with Crippen molar-refractivity contribution in [2.75, 3.05) is 24.7 Å². The van der Waals surface area contributed by atoms with Gasteiger partial charge in [0, 0.05) is 6.61 Å². The first kappa shape index (κ1) is 19.9. The summed E-state index contributed by atoms with van der Waals surface area (Å²) in [6, 6.07) is 11.9. The molecule has 0 spiro atoms. The Morgan fingerprint density at radius 2 is 2.07 bits per heavy atom. The quantitative estimate of drug-likeness (QED) is 0.585. The molecule has 0 aliphatic carbocycles. The predicted molar refractivity (Wildman–Crippen MR) is 117 cm³/mol. The number of fused-ring (bicyclic) bond motifs is 1. The van der Waals surface area contributed by atoms with Crippen molar-refractivity contribution >= 4 is 32.6 Å². The second-order valence-corrected chi connectivity index (χ2v) is 8.60. The summed E-state index contributed by atoms with van der Waals surface area (Å²) in [6.07, 6.45) is 2.04. The number of nitrogens with zero attached hydrogens (tertiary/aromatic N) is 2. The lowest BCUT2D eigenvalue weighted by Crippen LogP contribution is -2.40. The minimum absolute atomic E-state index is 0.0237. The van der Waals surface area contributed by atoms with Crippen molar-refractivity contribution in [1.82, 2.24) is 4.98 Å². The van der Waals surface area contributed by atoms with E-state index in [9.17, 15) is 4.79 Å². The molecule has 1 aliphatic heterocycles. The molecular weight excluding hydrogens is 384 g/mol. The Bertz CT molecular complexity index is 985. The molecular formula is C23H26N2O3S. The number of benzene rings is 2.